The number of hydrogen-bond acceptors (Lipinski definition) is 3. The fourth-order valence-corrected chi connectivity index (χ4v) is 3.85. The Labute approximate surface area is 149 Å². The first-order valence-corrected chi connectivity index (χ1v) is 8.73. The normalized spacial score (nSPS) is 16.2. The second-order valence-corrected chi connectivity index (χ2v) is 6.85. The lowest BCUT2D eigenvalue weighted by Gasteiger charge is -2.31. The van der Waals surface area contributed by atoms with E-state index >= 15 is 0 Å². The number of nitrogens with zero attached hydrogens (tertiary/aromatic N) is 3. The molecule has 1 aromatic heterocycles. The monoisotopic (exact) mass is 329 g/mol. The van der Waals surface area contributed by atoms with Gasteiger partial charge in [0.1, 0.15) is 6.17 Å². The number of pyridine rings is 1. The van der Waals surface area contributed by atoms with Crippen LogP contribution in [-0.2, 0) is 0 Å². The molecule has 1 aliphatic rings. The lowest BCUT2D eigenvalue weighted by atomic mass is 10.1. The van der Waals surface area contributed by atoms with Crippen LogP contribution >= 0.6 is 0 Å². The molecule has 0 aliphatic carbocycles. The highest BCUT2D eigenvalue weighted by atomic mass is 15.4. The lowest BCUT2D eigenvalue weighted by molar-refractivity contribution is 0.755. The standard InChI is InChI=1S/C22H23N3/c1-15-12-16(2)14-19(13-15)24-18(4)25(20-9-6-5-8-17(20)3)22-21(24)10-7-11-23-22/h5-14,18H,1-4H3/t18-/m1/s1. The number of hydrogen-bond donors (Lipinski definition) is 0. The molecule has 0 saturated carbocycles. The quantitative estimate of drug-likeness (QED) is 0.606. The van der Waals surface area contributed by atoms with E-state index in [2.05, 4.69) is 86.0 Å². The van der Waals surface area contributed by atoms with Crippen molar-refractivity contribution in [1.29, 1.82) is 0 Å². The summed E-state index contributed by atoms with van der Waals surface area (Å²) < 4.78 is 0. The van der Waals surface area contributed by atoms with Crippen LogP contribution in [0.4, 0.5) is 22.9 Å². The van der Waals surface area contributed by atoms with E-state index in [4.69, 9.17) is 4.98 Å². The summed E-state index contributed by atoms with van der Waals surface area (Å²) in [7, 11) is 0. The SMILES string of the molecule is Cc1cc(C)cc(N2c3cccnc3N(c3ccccc3C)[C@@H]2C)c1. The van der Waals surface area contributed by atoms with Gasteiger partial charge in [0.2, 0.25) is 0 Å². The predicted octanol–water partition coefficient (Wildman–Crippen LogP) is 5.64. The third kappa shape index (κ3) is 2.56. The largest absolute Gasteiger partial charge is 0.317 e. The van der Waals surface area contributed by atoms with Gasteiger partial charge in [-0.15, -0.1) is 0 Å². The van der Waals surface area contributed by atoms with Gasteiger partial charge >= 0.3 is 0 Å². The summed E-state index contributed by atoms with van der Waals surface area (Å²) in [5.74, 6) is 1.02. The molecule has 0 N–H and O–H groups in total. The van der Waals surface area contributed by atoms with E-state index in [1.54, 1.807) is 0 Å². The maximum Gasteiger partial charge on any atom is 0.158 e. The topological polar surface area (TPSA) is 19.4 Å². The summed E-state index contributed by atoms with van der Waals surface area (Å²) in [5, 5.41) is 0. The van der Waals surface area contributed by atoms with Crippen molar-refractivity contribution >= 4 is 22.9 Å². The Balaban J connectivity index is 1.90. The molecule has 0 amide bonds. The number of para-hydroxylation sites is 1. The molecule has 0 radical (unpaired) electrons. The first-order valence-electron chi connectivity index (χ1n) is 8.73. The molecule has 2 heterocycles. The number of aryl methyl sites for hydroxylation is 3. The maximum absolute atomic E-state index is 4.71. The van der Waals surface area contributed by atoms with Crippen LogP contribution in [-0.4, -0.2) is 11.1 Å². The van der Waals surface area contributed by atoms with Crippen molar-refractivity contribution in [3.8, 4) is 0 Å². The Morgan fingerprint density at radius 1 is 0.800 bits per heavy atom. The summed E-state index contributed by atoms with van der Waals surface area (Å²) in [5.41, 5.74) is 7.40. The fourth-order valence-electron chi connectivity index (χ4n) is 3.85. The maximum atomic E-state index is 4.71. The average Bonchev–Trinajstić information content (AvgIpc) is 2.86. The Kier molecular flexibility index (Phi) is 3.72. The fraction of sp³-hybridized carbons (Fsp3) is 0.227. The zero-order chi connectivity index (χ0) is 17.6. The smallest absolute Gasteiger partial charge is 0.158 e. The van der Waals surface area contributed by atoms with Gasteiger partial charge < -0.3 is 9.80 Å². The number of anilines is 4. The van der Waals surface area contributed by atoms with Crippen LogP contribution < -0.4 is 9.80 Å². The molecule has 0 saturated heterocycles. The first kappa shape index (κ1) is 15.7. The summed E-state index contributed by atoms with van der Waals surface area (Å²) in [6.07, 6.45) is 2.04. The third-order valence-electron chi connectivity index (χ3n) is 4.86. The highest BCUT2D eigenvalue weighted by molar-refractivity contribution is 5.86. The van der Waals surface area contributed by atoms with Crippen LogP contribution in [0.2, 0.25) is 0 Å². The minimum absolute atomic E-state index is 0.159. The van der Waals surface area contributed by atoms with Crippen LogP contribution in [0.5, 0.6) is 0 Å². The van der Waals surface area contributed by atoms with Gasteiger partial charge in [-0.2, -0.15) is 0 Å². The molecular formula is C22H23N3. The molecule has 126 valence electrons. The van der Waals surface area contributed by atoms with Crippen molar-refractivity contribution in [1.82, 2.24) is 4.98 Å². The minimum atomic E-state index is 0.159. The van der Waals surface area contributed by atoms with E-state index in [0.717, 1.165) is 11.5 Å². The van der Waals surface area contributed by atoms with Gasteiger partial charge in [0, 0.05) is 17.6 Å². The van der Waals surface area contributed by atoms with E-state index in [1.807, 2.05) is 12.3 Å². The average molecular weight is 329 g/mol. The number of aromatic nitrogens is 1. The highest BCUT2D eigenvalue weighted by Gasteiger charge is 2.36. The molecule has 1 atom stereocenters. The van der Waals surface area contributed by atoms with E-state index in [1.165, 1.54) is 28.1 Å². The zero-order valence-corrected chi connectivity index (χ0v) is 15.2. The highest BCUT2D eigenvalue weighted by Crippen LogP contribution is 2.46. The molecule has 0 spiro atoms. The van der Waals surface area contributed by atoms with E-state index in [0.29, 0.717) is 0 Å². The summed E-state index contributed by atoms with van der Waals surface area (Å²) in [4.78, 5) is 9.43. The molecular weight excluding hydrogens is 306 g/mol. The predicted molar refractivity (Wildman–Crippen MR) is 105 cm³/mol. The second-order valence-electron chi connectivity index (χ2n) is 6.85. The summed E-state index contributed by atoms with van der Waals surface area (Å²) in [6, 6.07) is 19.4. The van der Waals surface area contributed by atoms with Crippen LogP contribution in [0.25, 0.3) is 0 Å². The molecule has 25 heavy (non-hydrogen) atoms. The molecule has 3 heteroatoms. The molecule has 0 fully saturated rings. The molecule has 2 aromatic carbocycles. The Morgan fingerprint density at radius 2 is 1.48 bits per heavy atom. The molecule has 3 nitrogen and oxygen atoms in total. The summed E-state index contributed by atoms with van der Waals surface area (Å²) in [6.45, 7) is 8.71. The number of rotatable bonds is 2. The van der Waals surface area contributed by atoms with Crippen molar-refractivity contribution in [3.63, 3.8) is 0 Å². The third-order valence-corrected chi connectivity index (χ3v) is 4.86. The Bertz CT molecular complexity index is 912. The Morgan fingerprint density at radius 3 is 2.20 bits per heavy atom. The van der Waals surface area contributed by atoms with Gasteiger partial charge in [-0.1, -0.05) is 24.3 Å². The van der Waals surface area contributed by atoms with Gasteiger partial charge in [-0.25, -0.2) is 4.98 Å². The number of benzene rings is 2. The van der Waals surface area contributed by atoms with Gasteiger partial charge in [-0.3, -0.25) is 0 Å². The van der Waals surface area contributed by atoms with Crippen molar-refractivity contribution in [2.75, 3.05) is 9.80 Å². The molecule has 1 aliphatic heterocycles. The molecule has 0 bridgehead atoms. The lowest BCUT2D eigenvalue weighted by Crippen LogP contribution is -2.35. The van der Waals surface area contributed by atoms with Crippen molar-refractivity contribution in [3.05, 3.63) is 77.5 Å². The summed E-state index contributed by atoms with van der Waals surface area (Å²) >= 11 is 0. The van der Waals surface area contributed by atoms with Crippen LogP contribution in [0.3, 0.4) is 0 Å². The molecule has 0 unspecified atom stereocenters. The van der Waals surface area contributed by atoms with Gasteiger partial charge in [0.05, 0.1) is 5.69 Å². The zero-order valence-electron chi connectivity index (χ0n) is 15.2. The first-order chi connectivity index (χ1) is 12.1. The minimum Gasteiger partial charge on any atom is -0.317 e. The van der Waals surface area contributed by atoms with Crippen molar-refractivity contribution in [2.45, 2.75) is 33.9 Å². The second kappa shape index (κ2) is 5.92. The van der Waals surface area contributed by atoms with Crippen LogP contribution in [0, 0.1) is 20.8 Å². The van der Waals surface area contributed by atoms with E-state index in [9.17, 15) is 0 Å². The van der Waals surface area contributed by atoms with Gasteiger partial charge in [0.25, 0.3) is 0 Å². The molecule has 4 rings (SSSR count). The van der Waals surface area contributed by atoms with E-state index in [-0.39, 0.29) is 6.17 Å². The van der Waals surface area contributed by atoms with E-state index < -0.39 is 0 Å². The number of fused-ring (bicyclic) bond motifs is 1. The Hall–Kier alpha value is -2.81. The molecule has 3 aromatic rings. The van der Waals surface area contributed by atoms with Crippen LogP contribution in [0.15, 0.2) is 60.8 Å². The van der Waals surface area contributed by atoms with Crippen molar-refractivity contribution < 1.29 is 0 Å². The van der Waals surface area contributed by atoms with Gasteiger partial charge in [0.15, 0.2) is 5.82 Å². The van der Waals surface area contributed by atoms with Gasteiger partial charge in [-0.05, 0) is 74.7 Å². The van der Waals surface area contributed by atoms with Crippen molar-refractivity contribution in [2.24, 2.45) is 0 Å². The van der Waals surface area contributed by atoms with Crippen LogP contribution in [0.1, 0.15) is 23.6 Å².